The van der Waals surface area contributed by atoms with Crippen molar-refractivity contribution in [3.8, 4) is 5.75 Å². The van der Waals surface area contributed by atoms with Crippen LogP contribution in [-0.4, -0.2) is 12.8 Å². The second kappa shape index (κ2) is 8.24. The summed E-state index contributed by atoms with van der Waals surface area (Å²) < 4.78 is 5.74. The molecule has 0 heterocycles. The zero-order valence-electron chi connectivity index (χ0n) is 13.8. The Kier molecular flexibility index (Phi) is 5.79. The molecule has 0 saturated heterocycles. The highest BCUT2D eigenvalue weighted by Gasteiger charge is 2.07. The minimum Gasteiger partial charge on any atom is -0.493 e. The number of ether oxygens (including phenoxy) is 1. The molecular formula is C20H18Cl2N2O. The van der Waals surface area contributed by atoms with Crippen LogP contribution in [0.15, 0.2) is 59.7 Å². The number of hydrazone groups is 1. The lowest BCUT2D eigenvalue weighted by Gasteiger charge is -2.10. The molecule has 0 aliphatic carbocycles. The fourth-order valence-electron chi connectivity index (χ4n) is 2.63. The lowest BCUT2D eigenvalue weighted by atomic mass is 10.0. The Bertz CT molecular complexity index is 889. The quantitative estimate of drug-likeness (QED) is 0.446. The fourth-order valence-corrected chi connectivity index (χ4v) is 3.16. The molecular weight excluding hydrogens is 355 g/mol. The number of fused-ring (bicyclic) bond motifs is 1. The van der Waals surface area contributed by atoms with Gasteiger partial charge in [-0.05, 0) is 35.9 Å². The number of rotatable bonds is 6. The van der Waals surface area contributed by atoms with Gasteiger partial charge in [-0.1, -0.05) is 59.6 Å². The van der Waals surface area contributed by atoms with Gasteiger partial charge in [0, 0.05) is 21.2 Å². The van der Waals surface area contributed by atoms with E-state index in [0.29, 0.717) is 23.2 Å². The maximum atomic E-state index is 6.17. The molecule has 0 amide bonds. The number of benzene rings is 3. The standard InChI is InChI=1S/C20H18Cl2N2O/c1-2-25-20-11-10-14-6-3-4-7-15(14)16(20)12-23-24-13-17-18(21)8-5-9-19(17)22/h3-12,24H,2,13H2,1H3/b23-12-. The SMILES string of the molecule is CCOc1ccc2ccccc2c1/C=N\NCc1c(Cl)cccc1Cl. The normalized spacial score (nSPS) is 11.2. The third kappa shape index (κ3) is 4.06. The molecule has 3 nitrogen and oxygen atoms in total. The molecule has 128 valence electrons. The molecule has 0 fully saturated rings. The molecule has 3 aromatic carbocycles. The van der Waals surface area contributed by atoms with Crippen molar-refractivity contribution in [2.24, 2.45) is 5.10 Å². The maximum absolute atomic E-state index is 6.17. The molecule has 0 aromatic heterocycles. The van der Waals surface area contributed by atoms with E-state index in [1.54, 1.807) is 6.21 Å². The first kappa shape index (κ1) is 17.6. The van der Waals surface area contributed by atoms with Gasteiger partial charge in [0.1, 0.15) is 5.75 Å². The van der Waals surface area contributed by atoms with E-state index in [4.69, 9.17) is 27.9 Å². The van der Waals surface area contributed by atoms with Gasteiger partial charge in [-0.3, -0.25) is 0 Å². The molecule has 0 aliphatic rings. The van der Waals surface area contributed by atoms with Crippen LogP contribution < -0.4 is 10.2 Å². The maximum Gasteiger partial charge on any atom is 0.128 e. The van der Waals surface area contributed by atoms with E-state index in [1.807, 2.05) is 43.3 Å². The van der Waals surface area contributed by atoms with E-state index in [1.165, 1.54) is 0 Å². The monoisotopic (exact) mass is 372 g/mol. The number of halogens is 2. The second-order valence-electron chi connectivity index (χ2n) is 5.42. The Labute approximate surface area is 157 Å². The first-order chi connectivity index (χ1) is 12.2. The van der Waals surface area contributed by atoms with Gasteiger partial charge in [0.05, 0.1) is 19.4 Å². The Hall–Kier alpha value is -2.23. The molecule has 25 heavy (non-hydrogen) atoms. The van der Waals surface area contributed by atoms with Crippen molar-refractivity contribution >= 4 is 40.2 Å². The number of hydrogen-bond donors (Lipinski definition) is 1. The van der Waals surface area contributed by atoms with Crippen molar-refractivity contribution < 1.29 is 4.74 Å². The summed E-state index contributed by atoms with van der Waals surface area (Å²) in [4.78, 5) is 0. The number of hydrogen-bond acceptors (Lipinski definition) is 3. The minimum atomic E-state index is 0.448. The average molecular weight is 373 g/mol. The van der Waals surface area contributed by atoms with Crippen LogP contribution >= 0.6 is 23.2 Å². The van der Waals surface area contributed by atoms with Crippen LogP contribution in [0.2, 0.25) is 10.0 Å². The van der Waals surface area contributed by atoms with E-state index < -0.39 is 0 Å². The highest BCUT2D eigenvalue weighted by atomic mass is 35.5. The van der Waals surface area contributed by atoms with Gasteiger partial charge in [0.25, 0.3) is 0 Å². The van der Waals surface area contributed by atoms with Gasteiger partial charge in [-0.15, -0.1) is 0 Å². The topological polar surface area (TPSA) is 33.6 Å². The molecule has 0 saturated carbocycles. The number of nitrogens with zero attached hydrogens (tertiary/aromatic N) is 1. The zero-order valence-corrected chi connectivity index (χ0v) is 15.3. The molecule has 0 bridgehead atoms. The average Bonchev–Trinajstić information content (AvgIpc) is 2.62. The predicted molar refractivity (Wildman–Crippen MR) is 106 cm³/mol. The fraction of sp³-hybridized carbons (Fsp3) is 0.150. The van der Waals surface area contributed by atoms with Crippen molar-refractivity contribution in [2.45, 2.75) is 13.5 Å². The van der Waals surface area contributed by atoms with Crippen LogP contribution in [0.25, 0.3) is 10.8 Å². The zero-order chi connectivity index (χ0) is 17.6. The Morgan fingerprint density at radius 2 is 1.76 bits per heavy atom. The van der Waals surface area contributed by atoms with Gasteiger partial charge < -0.3 is 10.2 Å². The van der Waals surface area contributed by atoms with E-state index in [0.717, 1.165) is 27.6 Å². The summed E-state index contributed by atoms with van der Waals surface area (Å²) in [5.41, 5.74) is 4.78. The first-order valence-electron chi connectivity index (χ1n) is 8.04. The van der Waals surface area contributed by atoms with Crippen molar-refractivity contribution in [1.29, 1.82) is 0 Å². The van der Waals surface area contributed by atoms with Gasteiger partial charge in [0.15, 0.2) is 0 Å². The summed E-state index contributed by atoms with van der Waals surface area (Å²) in [5, 5.41) is 7.81. The first-order valence-corrected chi connectivity index (χ1v) is 8.79. The largest absolute Gasteiger partial charge is 0.493 e. The van der Waals surface area contributed by atoms with E-state index >= 15 is 0 Å². The van der Waals surface area contributed by atoms with Gasteiger partial charge in [-0.25, -0.2) is 0 Å². The second-order valence-corrected chi connectivity index (χ2v) is 6.24. The van der Waals surface area contributed by atoms with Crippen molar-refractivity contribution in [2.75, 3.05) is 6.61 Å². The lowest BCUT2D eigenvalue weighted by Crippen LogP contribution is -2.07. The highest BCUT2D eigenvalue weighted by Crippen LogP contribution is 2.27. The Morgan fingerprint density at radius 1 is 1.00 bits per heavy atom. The van der Waals surface area contributed by atoms with E-state index in [9.17, 15) is 0 Å². The molecule has 0 aliphatic heterocycles. The third-order valence-corrected chi connectivity index (χ3v) is 4.54. The van der Waals surface area contributed by atoms with Crippen LogP contribution in [0.3, 0.4) is 0 Å². The number of nitrogens with one attached hydrogen (secondary N) is 1. The molecule has 3 aromatic rings. The summed E-state index contributed by atoms with van der Waals surface area (Å²) in [6.07, 6.45) is 1.78. The summed E-state index contributed by atoms with van der Waals surface area (Å²) in [7, 11) is 0. The van der Waals surface area contributed by atoms with Crippen LogP contribution in [0.4, 0.5) is 0 Å². The smallest absolute Gasteiger partial charge is 0.128 e. The van der Waals surface area contributed by atoms with Crippen LogP contribution in [0.1, 0.15) is 18.1 Å². The van der Waals surface area contributed by atoms with E-state index in [2.05, 4.69) is 28.7 Å². The molecule has 5 heteroatoms. The molecule has 1 N–H and O–H groups in total. The molecule has 0 radical (unpaired) electrons. The van der Waals surface area contributed by atoms with Gasteiger partial charge in [-0.2, -0.15) is 5.10 Å². The van der Waals surface area contributed by atoms with Crippen molar-refractivity contribution in [3.05, 3.63) is 75.8 Å². The van der Waals surface area contributed by atoms with Crippen molar-refractivity contribution in [3.63, 3.8) is 0 Å². The van der Waals surface area contributed by atoms with Gasteiger partial charge in [0.2, 0.25) is 0 Å². The summed E-state index contributed by atoms with van der Waals surface area (Å²) in [5.74, 6) is 0.808. The summed E-state index contributed by atoms with van der Waals surface area (Å²) in [6.45, 7) is 3.01. The van der Waals surface area contributed by atoms with Crippen molar-refractivity contribution in [1.82, 2.24) is 5.43 Å². The third-order valence-electron chi connectivity index (χ3n) is 3.83. The highest BCUT2D eigenvalue weighted by molar-refractivity contribution is 6.35. The van der Waals surface area contributed by atoms with E-state index in [-0.39, 0.29) is 0 Å². The van der Waals surface area contributed by atoms with Crippen LogP contribution in [-0.2, 0) is 6.54 Å². The Balaban J connectivity index is 1.84. The lowest BCUT2D eigenvalue weighted by molar-refractivity contribution is 0.340. The van der Waals surface area contributed by atoms with Crippen LogP contribution in [0.5, 0.6) is 5.75 Å². The summed E-state index contributed by atoms with van der Waals surface area (Å²) in [6, 6.07) is 17.6. The van der Waals surface area contributed by atoms with Crippen LogP contribution in [0, 0.1) is 0 Å². The summed E-state index contributed by atoms with van der Waals surface area (Å²) >= 11 is 12.3. The molecule has 3 rings (SSSR count). The minimum absolute atomic E-state index is 0.448. The Morgan fingerprint density at radius 3 is 2.52 bits per heavy atom. The van der Waals surface area contributed by atoms with Gasteiger partial charge >= 0.3 is 0 Å². The molecule has 0 unspecified atom stereocenters. The molecule has 0 atom stereocenters. The molecule has 0 spiro atoms. The predicted octanol–water partition coefficient (Wildman–Crippen LogP) is 5.67.